The molecule has 5 rings (SSSR count). The van der Waals surface area contributed by atoms with Gasteiger partial charge in [0.2, 0.25) is 5.91 Å². The number of nitrogens with two attached hydrogens (primary N) is 1. The number of primary amides is 1. The number of benzene rings is 2. The number of para-hydroxylation sites is 2. The molecule has 2 unspecified atom stereocenters. The number of ether oxygens (including phenoxy) is 1. The number of hydrogen-bond acceptors (Lipinski definition) is 3. The van der Waals surface area contributed by atoms with Gasteiger partial charge in [-0.1, -0.05) is 36.4 Å². The summed E-state index contributed by atoms with van der Waals surface area (Å²) in [5.41, 5.74) is 9.79. The Morgan fingerprint density at radius 3 is 2.38 bits per heavy atom. The number of aromatic amines is 2. The number of carbonyl (C=O) groups excluding carboxylic acids is 2. The van der Waals surface area contributed by atoms with E-state index in [1.165, 1.54) is 4.90 Å². The average molecular weight is 431 g/mol. The van der Waals surface area contributed by atoms with Gasteiger partial charge in [0.15, 0.2) is 0 Å². The molecule has 1 aliphatic heterocycles. The molecule has 0 spiro atoms. The van der Waals surface area contributed by atoms with Crippen LogP contribution < -0.4 is 5.73 Å². The van der Waals surface area contributed by atoms with Crippen molar-refractivity contribution in [2.24, 2.45) is 5.73 Å². The van der Waals surface area contributed by atoms with Gasteiger partial charge in [-0.25, -0.2) is 4.79 Å². The predicted molar refractivity (Wildman–Crippen MR) is 123 cm³/mol. The molecule has 0 fully saturated rings. The van der Waals surface area contributed by atoms with Crippen molar-refractivity contribution in [2.75, 3.05) is 0 Å². The Kier molecular flexibility index (Phi) is 4.51. The van der Waals surface area contributed by atoms with Crippen LogP contribution in [0, 0.1) is 0 Å². The number of aromatic nitrogens is 2. The normalized spacial score (nSPS) is 18.7. The van der Waals surface area contributed by atoms with Crippen molar-refractivity contribution in [3.05, 3.63) is 71.5 Å². The lowest BCUT2D eigenvalue weighted by molar-refractivity contribution is -0.124. The minimum atomic E-state index is -0.838. The van der Waals surface area contributed by atoms with Crippen LogP contribution in [0.25, 0.3) is 21.8 Å². The number of amides is 2. The van der Waals surface area contributed by atoms with Gasteiger partial charge in [-0.05, 0) is 38.5 Å². The van der Waals surface area contributed by atoms with Gasteiger partial charge >= 0.3 is 6.09 Å². The van der Waals surface area contributed by atoms with Crippen LogP contribution in [0.1, 0.15) is 43.6 Å². The monoisotopic (exact) mass is 430 g/mol. The van der Waals surface area contributed by atoms with E-state index >= 15 is 0 Å². The summed E-state index contributed by atoms with van der Waals surface area (Å²) in [6, 6.07) is 14.5. The number of carbonyl (C=O) groups is 2. The summed E-state index contributed by atoms with van der Waals surface area (Å²) in [5, 5.41) is 2.00. The number of H-pyrrole nitrogens is 2. The fourth-order valence-corrected chi connectivity index (χ4v) is 4.70. The summed E-state index contributed by atoms with van der Waals surface area (Å²) in [4.78, 5) is 34.4. The van der Waals surface area contributed by atoms with Crippen molar-refractivity contribution in [1.29, 1.82) is 0 Å². The van der Waals surface area contributed by atoms with Crippen LogP contribution >= 0.6 is 0 Å². The zero-order valence-electron chi connectivity index (χ0n) is 18.3. The van der Waals surface area contributed by atoms with E-state index in [1.807, 2.05) is 75.5 Å². The Balaban J connectivity index is 1.78. The number of fused-ring (bicyclic) bond motifs is 4. The summed E-state index contributed by atoms with van der Waals surface area (Å²) < 4.78 is 5.74. The van der Waals surface area contributed by atoms with Crippen molar-refractivity contribution in [3.63, 3.8) is 0 Å². The zero-order chi connectivity index (χ0) is 22.6. The second-order valence-corrected chi connectivity index (χ2v) is 9.26. The first-order valence-electron chi connectivity index (χ1n) is 10.7. The molecule has 4 aromatic rings. The van der Waals surface area contributed by atoms with Crippen LogP contribution in [-0.4, -0.2) is 38.5 Å². The highest BCUT2D eigenvalue weighted by molar-refractivity contribution is 5.92. The largest absolute Gasteiger partial charge is 0.444 e. The molecule has 0 aliphatic carbocycles. The quantitative estimate of drug-likeness (QED) is 0.439. The van der Waals surface area contributed by atoms with E-state index in [-0.39, 0.29) is 0 Å². The van der Waals surface area contributed by atoms with Crippen molar-refractivity contribution < 1.29 is 14.3 Å². The Hall–Kier alpha value is -3.74. The van der Waals surface area contributed by atoms with E-state index in [2.05, 4.69) is 9.97 Å². The van der Waals surface area contributed by atoms with Crippen LogP contribution in [0.3, 0.4) is 0 Å². The highest BCUT2D eigenvalue weighted by atomic mass is 16.6. The summed E-state index contributed by atoms with van der Waals surface area (Å²) >= 11 is 0. The van der Waals surface area contributed by atoms with Gasteiger partial charge < -0.3 is 20.4 Å². The molecule has 164 valence electrons. The standard InChI is InChI=1S/C25H26N4O3/c1-25(2,3)32-24(31)29-20(23(26)30)12-16-14-8-5-7-11-19(14)28-21(16)22(29)17-13-27-18-10-6-4-9-15(17)18/h4-11,13,20,22,27-28H,12H2,1-3H3,(H2,26,30). The lowest BCUT2D eigenvalue weighted by Crippen LogP contribution is -2.54. The van der Waals surface area contributed by atoms with Gasteiger partial charge in [0, 0.05) is 45.7 Å². The smallest absolute Gasteiger partial charge is 0.411 e. The molecule has 1 aliphatic rings. The van der Waals surface area contributed by atoms with Gasteiger partial charge in [-0.2, -0.15) is 0 Å². The summed E-state index contributed by atoms with van der Waals surface area (Å²) in [5.74, 6) is -0.559. The SMILES string of the molecule is CC(C)(C)OC(=O)N1C(C(N)=O)Cc2c([nH]c3ccccc23)C1c1c[nH]c2ccccc12. The van der Waals surface area contributed by atoms with E-state index in [0.29, 0.717) is 6.42 Å². The maximum Gasteiger partial charge on any atom is 0.411 e. The first-order chi connectivity index (χ1) is 15.2. The molecule has 7 heteroatoms. The first kappa shape index (κ1) is 20.2. The van der Waals surface area contributed by atoms with Crippen molar-refractivity contribution in [3.8, 4) is 0 Å². The van der Waals surface area contributed by atoms with Gasteiger partial charge in [0.05, 0.1) is 0 Å². The minimum Gasteiger partial charge on any atom is -0.444 e. The molecule has 2 aromatic carbocycles. The Morgan fingerprint density at radius 1 is 1.03 bits per heavy atom. The Morgan fingerprint density at radius 2 is 1.69 bits per heavy atom. The Bertz CT molecular complexity index is 1340. The van der Waals surface area contributed by atoms with Crippen LogP contribution in [-0.2, 0) is 16.0 Å². The second-order valence-electron chi connectivity index (χ2n) is 9.26. The van der Waals surface area contributed by atoms with E-state index in [9.17, 15) is 9.59 Å². The number of nitrogens with one attached hydrogen (secondary N) is 2. The molecule has 0 saturated carbocycles. The van der Waals surface area contributed by atoms with Crippen molar-refractivity contribution >= 4 is 33.8 Å². The maximum atomic E-state index is 13.5. The minimum absolute atomic E-state index is 0.326. The molecule has 2 aromatic heterocycles. The van der Waals surface area contributed by atoms with E-state index < -0.39 is 29.7 Å². The topological polar surface area (TPSA) is 104 Å². The highest BCUT2D eigenvalue weighted by Gasteiger charge is 2.45. The van der Waals surface area contributed by atoms with Crippen molar-refractivity contribution in [1.82, 2.24) is 14.9 Å². The number of hydrogen-bond donors (Lipinski definition) is 3. The van der Waals surface area contributed by atoms with Crippen LogP contribution in [0.4, 0.5) is 4.79 Å². The van der Waals surface area contributed by atoms with Crippen LogP contribution in [0.2, 0.25) is 0 Å². The summed E-state index contributed by atoms with van der Waals surface area (Å²) in [7, 11) is 0. The molecule has 2 atom stereocenters. The van der Waals surface area contributed by atoms with E-state index in [4.69, 9.17) is 10.5 Å². The molecule has 4 N–H and O–H groups in total. The first-order valence-corrected chi connectivity index (χ1v) is 10.7. The van der Waals surface area contributed by atoms with Crippen LogP contribution in [0.5, 0.6) is 0 Å². The molecule has 0 saturated heterocycles. The fourth-order valence-electron chi connectivity index (χ4n) is 4.70. The number of rotatable bonds is 2. The molecule has 7 nitrogen and oxygen atoms in total. The number of nitrogens with zero attached hydrogens (tertiary/aromatic N) is 1. The summed E-state index contributed by atoms with van der Waals surface area (Å²) in [6.07, 6.45) is 1.65. The zero-order valence-corrected chi connectivity index (χ0v) is 18.3. The highest BCUT2D eigenvalue weighted by Crippen LogP contribution is 2.43. The van der Waals surface area contributed by atoms with Gasteiger partial charge in [-0.15, -0.1) is 0 Å². The van der Waals surface area contributed by atoms with Crippen LogP contribution in [0.15, 0.2) is 54.7 Å². The maximum absolute atomic E-state index is 13.5. The predicted octanol–water partition coefficient (Wildman–Crippen LogP) is 4.39. The van der Waals surface area contributed by atoms with E-state index in [1.54, 1.807) is 0 Å². The average Bonchev–Trinajstić information content (AvgIpc) is 3.32. The third-order valence-electron chi connectivity index (χ3n) is 5.98. The second kappa shape index (κ2) is 7.15. The lowest BCUT2D eigenvalue weighted by atomic mass is 9.88. The summed E-state index contributed by atoms with van der Waals surface area (Å²) in [6.45, 7) is 5.43. The van der Waals surface area contributed by atoms with Gasteiger partial charge in [0.25, 0.3) is 0 Å². The fraction of sp³-hybridized carbons (Fsp3) is 0.280. The molecule has 0 bridgehead atoms. The molecule has 0 radical (unpaired) electrons. The Labute approximate surface area is 185 Å². The molecule has 3 heterocycles. The van der Waals surface area contributed by atoms with Gasteiger partial charge in [0.1, 0.15) is 17.7 Å². The molecular weight excluding hydrogens is 404 g/mol. The lowest BCUT2D eigenvalue weighted by Gasteiger charge is -2.41. The molecule has 32 heavy (non-hydrogen) atoms. The van der Waals surface area contributed by atoms with Gasteiger partial charge in [-0.3, -0.25) is 9.69 Å². The van der Waals surface area contributed by atoms with E-state index in [0.717, 1.165) is 38.6 Å². The molecule has 2 amide bonds. The molecular formula is C25H26N4O3. The third kappa shape index (κ3) is 3.21. The van der Waals surface area contributed by atoms with Crippen molar-refractivity contribution in [2.45, 2.75) is 44.9 Å². The third-order valence-corrected chi connectivity index (χ3v) is 5.98.